The standard InChI is InChI=1S/C8H6ClIN2/c1-12-3-2-5-4-11-8(9)6(10)7(5)12/h2-4H,1H3. The minimum atomic E-state index is 0.574. The zero-order valence-electron chi connectivity index (χ0n) is 6.38. The van der Waals surface area contributed by atoms with Crippen LogP contribution in [0.3, 0.4) is 0 Å². The van der Waals surface area contributed by atoms with Crippen LogP contribution in [0.2, 0.25) is 5.15 Å². The summed E-state index contributed by atoms with van der Waals surface area (Å²) in [6, 6.07) is 2.03. The molecular formula is C8H6ClIN2. The predicted octanol–water partition coefficient (Wildman–Crippen LogP) is 2.83. The Morgan fingerprint density at radius 2 is 2.33 bits per heavy atom. The van der Waals surface area contributed by atoms with Crippen LogP contribution >= 0.6 is 34.2 Å². The number of fused-ring (bicyclic) bond motifs is 1. The van der Waals surface area contributed by atoms with E-state index in [0.717, 1.165) is 14.5 Å². The fraction of sp³-hybridized carbons (Fsp3) is 0.125. The molecule has 62 valence electrons. The molecule has 0 aliphatic heterocycles. The highest BCUT2D eigenvalue weighted by atomic mass is 127. The highest BCUT2D eigenvalue weighted by Crippen LogP contribution is 2.25. The first kappa shape index (κ1) is 8.31. The lowest BCUT2D eigenvalue weighted by molar-refractivity contribution is 0.965. The van der Waals surface area contributed by atoms with E-state index in [9.17, 15) is 0 Å². The van der Waals surface area contributed by atoms with Crippen molar-refractivity contribution in [3.8, 4) is 0 Å². The zero-order valence-corrected chi connectivity index (χ0v) is 9.30. The van der Waals surface area contributed by atoms with E-state index in [1.54, 1.807) is 6.20 Å². The third kappa shape index (κ3) is 1.11. The molecule has 0 N–H and O–H groups in total. The maximum absolute atomic E-state index is 5.88. The van der Waals surface area contributed by atoms with Gasteiger partial charge in [-0.15, -0.1) is 0 Å². The normalized spacial score (nSPS) is 10.9. The van der Waals surface area contributed by atoms with E-state index in [4.69, 9.17) is 11.6 Å². The van der Waals surface area contributed by atoms with Crippen LogP contribution in [-0.2, 0) is 7.05 Å². The van der Waals surface area contributed by atoms with E-state index in [1.807, 2.05) is 23.9 Å². The Labute approximate surface area is 88.7 Å². The summed E-state index contributed by atoms with van der Waals surface area (Å²) in [6.07, 6.45) is 3.80. The first-order valence-electron chi connectivity index (χ1n) is 3.45. The molecule has 0 amide bonds. The van der Waals surface area contributed by atoms with E-state index >= 15 is 0 Å². The van der Waals surface area contributed by atoms with Gasteiger partial charge < -0.3 is 4.57 Å². The number of aromatic nitrogens is 2. The molecule has 0 saturated carbocycles. The summed E-state index contributed by atoms with van der Waals surface area (Å²) in [4.78, 5) is 4.06. The number of aryl methyl sites for hydroxylation is 1. The van der Waals surface area contributed by atoms with Crippen molar-refractivity contribution >= 4 is 45.1 Å². The quantitative estimate of drug-likeness (QED) is 0.539. The molecule has 0 aromatic carbocycles. The second kappa shape index (κ2) is 2.88. The topological polar surface area (TPSA) is 17.8 Å². The van der Waals surface area contributed by atoms with Gasteiger partial charge in [-0.05, 0) is 28.7 Å². The van der Waals surface area contributed by atoms with E-state index in [0.29, 0.717) is 5.15 Å². The lowest BCUT2D eigenvalue weighted by Crippen LogP contribution is -1.89. The molecule has 0 radical (unpaired) electrons. The Balaban J connectivity index is 2.96. The van der Waals surface area contributed by atoms with Crippen LogP contribution in [0.1, 0.15) is 0 Å². The second-order valence-electron chi connectivity index (χ2n) is 2.59. The summed E-state index contributed by atoms with van der Waals surface area (Å²) in [5.41, 5.74) is 1.15. The van der Waals surface area contributed by atoms with Crippen molar-refractivity contribution in [1.82, 2.24) is 9.55 Å². The van der Waals surface area contributed by atoms with Gasteiger partial charge in [-0.1, -0.05) is 11.6 Å². The van der Waals surface area contributed by atoms with Gasteiger partial charge in [-0.3, -0.25) is 0 Å². The Morgan fingerprint density at radius 1 is 1.58 bits per heavy atom. The third-order valence-electron chi connectivity index (χ3n) is 1.81. The molecule has 2 heterocycles. The molecule has 0 aliphatic carbocycles. The molecule has 0 aliphatic rings. The van der Waals surface area contributed by atoms with Crippen molar-refractivity contribution in [2.45, 2.75) is 0 Å². The van der Waals surface area contributed by atoms with Gasteiger partial charge in [-0.2, -0.15) is 0 Å². The van der Waals surface area contributed by atoms with Crippen LogP contribution in [-0.4, -0.2) is 9.55 Å². The molecule has 2 aromatic rings. The highest BCUT2D eigenvalue weighted by Gasteiger charge is 2.06. The van der Waals surface area contributed by atoms with Gasteiger partial charge in [0.15, 0.2) is 0 Å². The third-order valence-corrected chi connectivity index (χ3v) is 3.44. The predicted molar refractivity (Wildman–Crippen MR) is 58.4 cm³/mol. The van der Waals surface area contributed by atoms with Gasteiger partial charge in [-0.25, -0.2) is 4.98 Å². The number of nitrogens with zero attached hydrogens (tertiary/aromatic N) is 2. The number of hydrogen-bond donors (Lipinski definition) is 0. The number of rotatable bonds is 0. The molecule has 0 fully saturated rings. The van der Waals surface area contributed by atoms with Gasteiger partial charge in [0.2, 0.25) is 0 Å². The summed E-state index contributed by atoms with van der Waals surface area (Å²) in [5, 5.41) is 1.70. The first-order valence-corrected chi connectivity index (χ1v) is 4.91. The van der Waals surface area contributed by atoms with Crippen LogP contribution in [0.25, 0.3) is 10.9 Å². The zero-order chi connectivity index (χ0) is 8.72. The lowest BCUT2D eigenvalue weighted by atomic mass is 10.3. The van der Waals surface area contributed by atoms with Crippen molar-refractivity contribution in [2.75, 3.05) is 0 Å². The van der Waals surface area contributed by atoms with Gasteiger partial charge in [0, 0.05) is 24.8 Å². The molecule has 4 heteroatoms. The minimum Gasteiger partial charge on any atom is -0.350 e. The van der Waals surface area contributed by atoms with Crippen LogP contribution in [0.5, 0.6) is 0 Å². The molecule has 2 rings (SSSR count). The molecular weight excluding hydrogens is 286 g/mol. The van der Waals surface area contributed by atoms with Gasteiger partial charge >= 0.3 is 0 Å². The number of hydrogen-bond acceptors (Lipinski definition) is 1. The summed E-state index contributed by atoms with van der Waals surface area (Å²) in [7, 11) is 2.00. The molecule has 0 bridgehead atoms. The number of halogens is 2. The van der Waals surface area contributed by atoms with Crippen molar-refractivity contribution in [1.29, 1.82) is 0 Å². The summed E-state index contributed by atoms with van der Waals surface area (Å²) in [5.74, 6) is 0. The molecule has 12 heavy (non-hydrogen) atoms. The fourth-order valence-electron chi connectivity index (χ4n) is 1.22. The summed E-state index contributed by atoms with van der Waals surface area (Å²) < 4.78 is 3.06. The number of pyridine rings is 1. The molecule has 0 atom stereocenters. The van der Waals surface area contributed by atoms with Crippen LogP contribution in [0.15, 0.2) is 18.5 Å². The van der Waals surface area contributed by atoms with Gasteiger partial charge in [0.1, 0.15) is 5.15 Å². The smallest absolute Gasteiger partial charge is 0.144 e. The van der Waals surface area contributed by atoms with Crippen LogP contribution in [0, 0.1) is 3.57 Å². The Hall–Kier alpha value is -0.290. The minimum absolute atomic E-state index is 0.574. The molecule has 2 aromatic heterocycles. The monoisotopic (exact) mass is 292 g/mol. The highest BCUT2D eigenvalue weighted by molar-refractivity contribution is 14.1. The van der Waals surface area contributed by atoms with Crippen molar-refractivity contribution in [3.63, 3.8) is 0 Å². The Bertz CT molecular complexity index is 436. The molecule has 0 saturated heterocycles. The fourth-order valence-corrected chi connectivity index (χ4v) is 2.18. The summed E-state index contributed by atoms with van der Waals surface area (Å²) in [6.45, 7) is 0. The van der Waals surface area contributed by atoms with E-state index in [2.05, 4.69) is 27.6 Å². The molecule has 0 unspecified atom stereocenters. The van der Waals surface area contributed by atoms with Crippen molar-refractivity contribution in [3.05, 3.63) is 27.2 Å². The maximum Gasteiger partial charge on any atom is 0.144 e. The SMILES string of the molecule is Cn1ccc2cnc(Cl)c(I)c21. The second-order valence-corrected chi connectivity index (χ2v) is 4.03. The van der Waals surface area contributed by atoms with Gasteiger partial charge in [0.25, 0.3) is 0 Å². The van der Waals surface area contributed by atoms with Crippen molar-refractivity contribution < 1.29 is 0 Å². The van der Waals surface area contributed by atoms with Crippen LogP contribution in [0.4, 0.5) is 0 Å². The van der Waals surface area contributed by atoms with E-state index in [-0.39, 0.29) is 0 Å². The molecule has 2 nitrogen and oxygen atoms in total. The van der Waals surface area contributed by atoms with E-state index < -0.39 is 0 Å². The van der Waals surface area contributed by atoms with Gasteiger partial charge in [0.05, 0.1) is 9.09 Å². The average molecular weight is 293 g/mol. The largest absolute Gasteiger partial charge is 0.350 e. The van der Waals surface area contributed by atoms with E-state index in [1.165, 1.54) is 0 Å². The Morgan fingerprint density at radius 3 is 3.08 bits per heavy atom. The maximum atomic E-state index is 5.88. The summed E-state index contributed by atoms with van der Waals surface area (Å²) >= 11 is 8.09. The average Bonchev–Trinajstić information content (AvgIpc) is 2.41. The first-order chi connectivity index (χ1) is 5.70. The Kier molecular flexibility index (Phi) is 2.00. The van der Waals surface area contributed by atoms with Crippen molar-refractivity contribution in [2.24, 2.45) is 7.05 Å². The molecule has 0 spiro atoms. The van der Waals surface area contributed by atoms with Crippen LogP contribution < -0.4 is 0 Å². The lowest BCUT2D eigenvalue weighted by Gasteiger charge is -2.00.